The van der Waals surface area contributed by atoms with Gasteiger partial charge in [0.15, 0.2) is 0 Å². The monoisotopic (exact) mass is 448 g/mol. The summed E-state index contributed by atoms with van der Waals surface area (Å²) >= 11 is 0. The van der Waals surface area contributed by atoms with Gasteiger partial charge in [-0.05, 0) is 44.2 Å². The van der Waals surface area contributed by atoms with Crippen LogP contribution < -0.4 is 5.69 Å². The maximum atomic E-state index is 15.0. The van der Waals surface area contributed by atoms with E-state index in [1.165, 1.54) is 9.25 Å². The zero-order valence-corrected chi connectivity index (χ0v) is 20.0. The number of nitrogens with zero attached hydrogens (tertiary/aromatic N) is 4. The van der Waals surface area contributed by atoms with E-state index in [1.807, 2.05) is 12.1 Å². The average molecular weight is 449 g/mol. The summed E-state index contributed by atoms with van der Waals surface area (Å²) in [6.45, 7) is 7.44. The Balaban J connectivity index is 1.58. The summed E-state index contributed by atoms with van der Waals surface area (Å²) < 4.78 is 29.2. The molecule has 8 heteroatoms. The number of hydrogen-bond donors (Lipinski definition) is 0. The molecule has 32 heavy (non-hydrogen) atoms. The predicted octanol–water partition coefficient (Wildman–Crippen LogP) is 3.22. The molecule has 7 nitrogen and oxygen atoms in total. The van der Waals surface area contributed by atoms with Crippen molar-refractivity contribution in [2.45, 2.75) is 84.2 Å². The van der Waals surface area contributed by atoms with E-state index in [9.17, 15) is 9.18 Å². The Bertz CT molecular complexity index is 928. The fourth-order valence-corrected chi connectivity index (χ4v) is 4.67. The zero-order valence-electron chi connectivity index (χ0n) is 20.0. The first kappa shape index (κ1) is 24.6. The van der Waals surface area contributed by atoms with Crippen molar-refractivity contribution >= 4 is 0 Å². The van der Waals surface area contributed by atoms with Crippen LogP contribution in [-0.4, -0.2) is 57.3 Å². The van der Waals surface area contributed by atoms with Crippen molar-refractivity contribution in [1.29, 1.82) is 0 Å². The molecule has 1 aromatic carbocycles. The minimum absolute atomic E-state index is 0.0175. The quantitative estimate of drug-likeness (QED) is 0.559. The number of likely N-dealkylation sites (tertiary alicyclic amines) is 1. The third kappa shape index (κ3) is 5.85. The van der Waals surface area contributed by atoms with Crippen molar-refractivity contribution in [3.8, 4) is 0 Å². The van der Waals surface area contributed by atoms with Crippen LogP contribution in [-0.2, 0) is 36.3 Å². The fourth-order valence-electron chi connectivity index (χ4n) is 4.67. The number of piperidine rings is 1. The third-order valence-electron chi connectivity index (χ3n) is 6.58. The summed E-state index contributed by atoms with van der Waals surface area (Å²) in [5.41, 5.74) is 2.02. The molecule has 0 radical (unpaired) electrons. The van der Waals surface area contributed by atoms with Crippen LogP contribution in [0.5, 0.6) is 0 Å². The first-order valence-corrected chi connectivity index (χ1v) is 11.5. The zero-order chi connectivity index (χ0) is 23.3. The molecule has 4 atom stereocenters. The second-order valence-corrected chi connectivity index (χ2v) is 8.88. The van der Waals surface area contributed by atoms with E-state index in [2.05, 4.69) is 36.0 Å². The van der Waals surface area contributed by atoms with Gasteiger partial charge in [0.1, 0.15) is 12.0 Å². The molecule has 1 aromatic heterocycles. The van der Waals surface area contributed by atoms with E-state index in [-0.39, 0.29) is 30.4 Å². The van der Waals surface area contributed by atoms with E-state index in [4.69, 9.17) is 9.47 Å². The van der Waals surface area contributed by atoms with Gasteiger partial charge in [-0.15, -0.1) is 0 Å². The Labute approximate surface area is 190 Å². The van der Waals surface area contributed by atoms with Crippen LogP contribution in [0, 0.1) is 6.92 Å². The summed E-state index contributed by atoms with van der Waals surface area (Å²) in [6.07, 6.45) is 1.65. The summed E-state index contributed by atoms with van der Waals surface area (Å²) in [5.74, 6) is 0.590. The van der Waals surface area contributed by atoms with Crippen molar-refractivity contribution in [3.63, 3.8) is 0 Å². The number of ether oxygens (including phenoxy) is 2. The van der Waals surface area contributed by atoms with Crippen molar-refractivity contribution in [1.82, 2.24) is 19.2 Å². The van der Waals surface area contributed by atoms with Gasteiger partial charge in [-0.25, -0.2) is 13.9 Å². The molecule has 0 spiro atoms. The second kappa shape index (κ2) is 11.2. The first-order valence-electron chi connectivity index (χ1n) is 11.5. The molecular weight excluding hydrogens is 411 g/mol. The lowest BCUT2D eigenvalue weighted by molar-refractivity contribution is -0.0530. The fraction of sp³-hybridized carbons (Fsp3) is 0.667. The van der Waals surface area contributed by atoms with Crippen LogP contribution in [0.3, 0.4) is 0 Å². The third-order valence-corrected chi connectivity index (χ3v) is 6.58. The highest BCUT2D eigenvalue weighted by Gasteiger charge is 2.34. The number of benzene rings is 1. The van der Waals surface area contributed by atoms with Gasteiger partial charge in [-0.3, -0.25) is 9.47 Å². The van der Waals surface area contributed by atoms with Crippen molar-refractivity contribution in [2.75, 3.05) is 13.7 Å². The Morgan fingerprint density at radius 2 is 1.88 bits per heavy atom. The molecule has 0 saturated carbocycles. The van der Waals surface area contributed by atoms with Crippen molar-refractivity contribution in [3.05, 3.63) is 51.7 Å². The summed E-state index contributed by atoms with van der Waals surface area (Å²) in [4.78, 5) is 14.4. The smallest absolute Gasteiger partial charge is 0.345 e. The molecule has 1 saturated heterocycles. The number of methoxy groups -OCH3 is 1. The lowest BCUT2D eigenvalue weighted by Gasteiger charge is -2.44. The molecule has 1 aliphatic rings. The highest BCUT2D eigenvalue weighted by atomic mass is 19.1. The number of rotatable bonds is 10. The molecule has 2 aromatic rings. The number of alkyl halides is 1. The van der Waals surface area contributed by atoms with Gasteiger partial charge in [-0.2, -0.15) is 5.10 Å². The maximum Gasteiger partial charge on any atom is 0.345 e. The summed E-state index contributed by atoms with van der Waals surface area (Å²) in [7, 11) is 3.35. The van der Waals surface area contributed by atoms with Crippen LogP contribution in [0.15, 0.2) is 29.1 Å². The minimum atomic E-state index is -1.16. The molecule has 4 unspecified atom stereocenters. The van der Waals surface area contributed by atoms with Crippen LogP contribution >= 0.6 is 0 Å². The van der Waals surface area contributed by atoms with Crippen molar-refractivity contribution in [2.24, 2.45) is 7.05 Å². The lowest BCUT2D eigenvalue weighted by atomic mass is 9.91. The van der Waals surface area contributed by atoms with Gasteiger partial charge in [0.2, 0.25) is 0 Å². The Morgan fingerprint density at radius 1 is 1.19 bits per heavy atom. The highest BCUT2D eigenvalue weighted by molar-refractivity contribution is 5.25. The molecule has 3 rings (SSSR count). The van der Waals surface area contributed by atoms with Crippen molar-refractivity contribution < 1.29 is 13.9 Å². The summed E-state index contributed by atoms with van der Waals surface area (Å²) in [6, 6.07) is 8.64. The van der Waals surface area contributed by atoms with E-state index in [0.29, 0.717) is 25.6 Å². The number of aryl methyl sites for hydroxylation is 1. The maximum absolute atomic E-state index is 15.0. The summed E-state index contributed by atoms with van der Waals surface area (Å²) in [5, 5.41) is 4.17. The van der Waals surface area contributed by atoms with E-state index in [1.54, 1.807) is 21.1 Å². The first-order chi connectivity index (χ1) is 15.3. The number of hydrogen-bond acceptors (Lipinski definition) is 5. The van der Waals surface area contributed by atoms with Gasteiger partial charge in [0.05, 0.1) is 25.9 Å². The van der Waals surface area contributed by atoms with Gasteiger partial charge >= 0.3 is 5.69 Å². The van der Waals surface area contributed by atoms with Gasteiger partial charge in [0, 0.05) is 32.8 Å². The van der Waals surface area contributed by atoms with Crippen LogP contribution in [0.25, 0.3) is 0 Å². The average Bonchev–Trinajstić information content (AvgIpc) is 3.01. The van der Waals surface area contributed by atoms with Gasteiger partial charge in [0.25, 0.3) is 0 Å². The van der Waals surface area contributed by atoms with E-state index >= 15 is 0 Å². The molecule has 1 fully saturated rings. The largest absolute Gasteiger partial charge is 0.380 e. The second-order valence-electron chi connectivity index (χ2n) is 8.88. The molecular formula is C24H37FN4O3. The molecule has 0 bridgehead atoms. The highest BCUT2D eigenvalue weighted by Crippen LogP contribution is 2.28. The molecule has 1 aliphatic heterocycles. The standard InChI is InChI=1S/C24H37FN4O3/c1-6-22-12-23(32-16-20-10-8-7-9-19(20)15-31-5)11-17(2)28(22)13-21(25)14-29-24(30)27(4)18(3)26-29/h7-10,17,21-23H,6,11-16H2,1-5H3. The Kier molecular flexibility index (Phi) is 8.62. The molecule has 178 valence electrons. The SMILES string of the molecule is CCC1CC(OCc2ccccc2COC)CC(C)N1CC(F)Cn1nc(C)n(C)c1=O. The van der Waals surface area contributed by atoms with Crippen LogP contribution in [0.2, 0.25) is 0 Å². The predicted molar refractivity (Wildman–Crippen MR) is 122 cm³/mol. The normalized spacial score (nSPS) is 22.9. The minimum Gasteiger partial charge on any atom is -0.380 e. The molecule has 2 heterocycles. The van der Waals surface area contributed by atoms with Crippen LogP contribution in [0.1, 0.15) is 50.1 Å². The van der Waals surface area contributed by atoms with E-state index < -0.39 is 6.17 Å². The molecule has 0 N–H and O–H groups in total. The molecule has 0 amide bonds. The number of halogens is 1. The van der Waals surface area contributed by atoms with Crippen LogP contribution in [0.4, 0.5) is 4.39 Å². The molecule has 0 aliphatic carbocycles. The topological polar surface area (TPSA) is 61.5 Å². The van der Waals surface area contributed by atoms with Gasteiger partial charge in [-0.1, -0.05) is 31.2 Å². The number of aromatic nitrogens is 3. The lowest BCUT2D eigenvalue weighted by Crippen LogP contribution is -2.52. The Hall–Kier alpha value is -2.03. The van der Waals surface area contributed by atoms with E-state index in [0.717, 1.165) is 30.4 Å². The Morgan fingerprint density at radius 3 is 2.47 bits per heavy atom. The van der Waals surface area contributed by atoms with Gasteiger partial charge < -0.3 is 9.47 Å².